The molecule has 0 saturated carbocycles. The lowest BCUT2D eigenvalue weighted by molar-refractivity contribution is 0.0950. The Morgan fingerprint density at radius 3 is 2.93 bits per heavy atom. The fraction of sp³-hybridized carbons (Fsp3) is 0.118. The minimum atomic E-state index is -0.594. The first kappa shape index (κ1) is 16.9. The number of hydrogen-bond donors (Lipinski definition) is 3. The van der Waals surface area contributed by atoms with Crippen LogP contribution in [0.25, 0.3) is 21.3 Å². The van der Waals surface area contributed by atoms with Gasteiger partial charge in [0, 0.05) is 24.7 Å². The van der Waals surface area contributed by atoms with Gasteiger partial charge in [0.05, 0.1) is 5.52 Å². The van der Waals surface area contributed by atoms with E-state index in [1.165, 1.54) is 23.6 Å². The Kier molecular flexibility index (Phi) is 4.16. The lowest BCUT2D eigenvalue weighted by Gasteiger charge is -2.07. The van der Waals surface area contributed by atoms with E-state index < -0.39 is 22.7 Å². The van der Waals surface area contributed by atoms with Gasteiger partial charge in [-0.25, -0.2) is 9.78 Å². The second-order valence-electron chi connectivity index (χ2n) is 5.76. The molecule has 0 atom stereocenters. The zero-order chi connectivity index (χ0) is 19.0. The van der Waals surface area contributed by atoms with Crippen LogP contribution in [0.4, 0.5) is 0 Å². The Labute approximate surface area is 154 Å². The summed E-state index contributed by atoms with van der Waals surface area (Å²) in [5.74, 6) is -0.594. The molecule has 0 fully saturated rings. The van der Waals surface area contributed by atoms with Gasteiger partial charge in [0.1, 0.15) is 15.9 Å². The summed E-state index contributed by atoms with van der Waals surface area (Å²) < 4.78 is 1.47. The van der Waals surface area contributed by atoms with Gasteiger partial charge in [0.15, 0.2) is 0 Å². The van der Waals surface area contributed by atoms with Crippen molar-refractivity contribution in [3.05, 3.63) is 72.6 Å². The largest absolute Gasteiger partial charge is 0.350 e. The molecule has 4 aromatic heterocycles. The quantitative estimate of drug-likeness (QED) is 0.470. The first-order valence-corrected chi connectivity index (χ1v) is 8.89. The van der Waals surface area contributed by atoms with Gasteiger partial charge < -0.3 is 15.3 Å². The van der Waals surface area contributed by atoms with Crippen molar-refractivity contribution in [3.8, 4) is 0 Å². The van der Waals surface area contributed by atoms with Crippen LogP contribution in [-0.2, 0) is 6.54 Å². The molecule has 136 valence electrons. The van der Waals surface area contributed by atoms with E-state index in [4.69, 9.17) is 0 Å². The second kappa shape index (κ2) is 6.65. The molecule has 0 aliphatic heterocycles. The number of carbonyl (C=O) groups is 1. The fourth-order valence-electron chi connectivity index (χ4n) is 2.75. The van der Waals surface area contributed by atoms with E-state index in [9.17, 15) is 19.2 Å². The Balaban J connectivity index is 1.54. The first-order valence-electron chi connectivity index (χ1n) is 8.01. The smallest absolute Gasteiger partial charge is 0.328 e. The zero-order valence-corrected chi connectivity index (χ0v) is 14.6. The molecule has 0 aliphatic carbocycles. The molecule has 10 heteroatoms. The number of pyridine rings is 2. The molecular formula is C17H13N5O4S. The minimum absolute atomic E-state index is 0.0131. The van der Waals surface area contributed by atoms with Gasteiger partial charge in [-0.1, -0.05) is 0 Å². The van der Waals surface area contributed by atoms with Crippen molar-refractivity contribution in [2.45, 2.75) is 6.54 Å². The first-order chi connectivity index (χ1) is 13.0. The molecule has 0 unspecified atom stereocenters. The Hall–Kier alpha value is -3.53. The minimum Gasteiger partial charge on any atom is -0.350 e. The van der Waals surface area contributed by atoms with Gasteiger partial charge in [-0.05, 0) is 29.6 Å². The Morgan fingerprint density at radius 1 is 1.22 bits per heavy atom. The average Bonchev–Trinajstić information content (AvgIpc) is 3.12. The molecule has 0 saturated heterocycles. The number of amides is 1. The fourth-order valence-corrected chi connectivity index (χ4v) is 3.55. The molecule has 9 nitrogen and oxygen atoms in total. The zero-order valence-electron chi connectivity index (χ0n) is 13.8. The van der Waals surface area contributed by atoms with Gasteiger partial charge in [0.2, 0.25) is 0 Å². The summed E-state index contributed by atoms with van der Waals surface area (Å²) in [7, 11) is 0. The SMILES string of the molecule is O=C(NCCn1c(=O)[nH]c2ccsc2c1=O)c1cc2cccnc2[nH]c1=O. The Morgan fingerprint density at radius 2 is 2.07 bits per heavy atom. The van der Waals surface area contributed by atoms with E-state index in [0.717, 1.165) is 4.57 Å². The molecule has 0 spiro atoms. The number of nitrogens with one attached hydrogen (secondary N) is 3. The third-order valence-corrected chi connectivity index (χ3v) is 4.97. The van der Waals surface area contributed by atoms with Crippen LogP contribution in [0.15, 0.2) is 50.2 Å². The van der Waals surface area contributed by atoms with E-state index in [1.54, 1.807) is 23.6 Å². The highest BCUT2D eigenvalue weighted by atomic mass is 32.1. The highest BCUT2D eigenvalue weighted by molar-refractivity contribution is 7.17. The highest BCUT2D eigenvalue weighted by Gasteiger charge is 2.13. The second-order valence-corrected chi connectivity index (χ2v) is 6.68. The molecule has 0 aromatic carbocycles. The lowest BCUT2D eigenvalue weighted by atomic mass is 10.2. The van der Waals surface area contributed by atoms with Crippen molar-refractivity contribution in [2.24, 2.45) is 0 Å². The van der Waals surface area contributed by atoms with Crippen molar-refractivity contribution >= 4 is 38.5 Å². The number of fused-ring (bicyclic) bond motifs is 2. The van der Waals surface area contributed by atoms with Gasteiger partial charge in [-0.3, -0.25) is 19.0 Å². The number of nitrogens with zero attached hydrogens (tertiary/aromatic N) is 2. The highest BCUT2D eigenvalue weighted by Crippen LogP contribution is 2.12. The van der Waals surface area contributed by atoms with Crippen LogP contribution in [0, 0.1) is 0 Å². The standard InChI is InChI=1S/C17H13N5O4S/c23-14(10-8-9-2-1-4-18-13(9)21-15(10)24)19-5-6-22-16(25)12-11(3-7-27-12)20-17(22)26/h1-4,7-8H,5-6H2,(H,19,23)(H,20,26)(H,18,21,24). The van der Waals surface area contributed by atoms with E-state index in [-0.39, 0.29) is 18.7 Å². The topological polar surface area (TPSA) is 130 Å². The molecule has 0 aliphatic rings. The number of H-pyrrole nitrogens is 2. The lowest BCUT2D eigenvalue weighted by Crippen LogP contribution is -2.39. The maximum Gasteiger partial charge on any atom is 0.328 e. The Bertz CT molecular complexity index is 1350. The summed E-state index contributed by atoms with van der Waals surface area (Å²) in [6, 6.07) is 6.54. The van der Waals surface area contributed by atoms with E-state index in [2.05, 4.69) is 20.3 Å². The maximum absolute atomic E-state index is 12.3. The third-order valence-electron chi connectivity index (χ3n) is 4.07. The van der Waals surface area contributed by atoms with E-state index >= 15 is 0 Å². The number of aromatic amines is 2. The number of thiophene rings is 1. The van der Waals surface area contributed by atoms with Gasteiger partial charge >= 0.3 is 5.69 Å². The van der Waals surface area contributed by atoms with Gasteiger partial charge in [0.25, 0.3) is 17.0 Å². The predicted molar refractivity (Wildman–Crippen MR) is 101 cm³/mol. The summed E-state index contributed by atoms with van der Waals surface area (Å²) in [4.78, 5) is 57.9. The molecule has 4 heterocycles. The summed E-state index contributed by atoms with van der Waals surface area (Å²) >= 11 is 1.23. The van der Waals surface area contributed by atoms with E-state index in [1.807, 2.05) is 0 Å². The van der Waals surface area contributed by atoms with Crippen LogP contribution in [0.2, 0.25) is 0 Å². The van der Waals surface area contributed by atoms with Crippen LogP contribution in [0.1, 0.15) is 10.4 Å². The summed E-state index contributed by atoms with van der Waals surface area (Å²) in [5.41, 5.74) is -0.699. The number of hydrogen-bond acceptors (Lipinski definition) is 6. The normalized spacial score (nSPS) is 11.1. The van der Waals surface area contributed by atoms with Gasteiger partial charge in [-0.15, -0.1) is 11.3 Å². The molecule has 1 amide bonds. The number of rotatable bonds is 4. The molecule has 4 aromatic rings. The molecular weight excluding hydrogens is 370 g/mol. The van der Waals surface area contributed by atoms with E-state index in [0.29, 0.717) is 21.3 Å². The molecule has 4 rings (SSSR count). The summed E-state index contributed by atoms with van der Waals surface area (Å²) in [5, 5.41) is 4.90. The number of aromatic nitrogens is 4. The van der Waals surface area contributed by atoms with Crippen LogP contribution in [-0.4, -0.2) is 32.0 Å². The van der Waals surface area contributed by atoms with Crippen LogP contribution in [0.3, 0.4) is 0 Å². The summed E-state index contributed by atoms with van der Waals surface area (Å²) in [6.07, 6.45) is 1.54. The third kappa shape index (κ3) is 3.06. The van der Waals surface area contributed by atoms with Crippen molar-refractivity contribution in [3.63, 3.8) is 0 Å². The van der Waals surface area contributed by atoms with Crippen LogP contribution in [0.5, 0.6) is 0 Å². The monoisotopic (exact) mass is 383 g/mol. The maximum atomic E-state index is 12.3. The molecule has 0 bridgehead atoms. The average molecular weight is 383 g/mol. The van der Waals surface area contributed by atoms with Crippen LogP contribution >= 0.6 is 11.3 Å². The van der Waals surface area contributed by atoms with Crippen molar-refractivity contribution in [1.82, 2.24) is 24.8 Å². The van der Waals surface area contributed by atoms with Crippen molar-refractivity contribution in [2.75, 3.05) is 6.54 Å². The predicted octanol–water partition coefficient (Wildman–Crippen LogP) is 0.418. The molecule has 27 heavy (non-hydrogen) atoms. The van der Waals surface area contributed by atoms with Gasteiger partial charge in [-0.2, -0.15) is 0 Å². The van der Waals surface area contributed by atoms with Crippen LogP contribution < -0.4 is 22.1 Å². The summed E-state index contributed by atoms with van der Waals surface area (Å²) in [6.45, 7) is 0.00398. The molecule has 0 radical (unpaired) electrons. The molecule has 3 N–H and O–H groups in total. The van der Waals surface area contributed by atoms with Crippen molar-refractivity contribution < 1.29 is 4.79 Å². The number of carbonyl (C=O) groups excluding carboxylic acids is 1. The van der Waals surface area contributed by atoms with Crippen molar-refractivity contribution in [1.29, 1.82) is 0 Å².